The molecule has 1 aliphatic rings. The Kier molecular flexibility index (Phi) is 5.23. The quantitative estimate of drug-likeness (QED) is 0.417. The van der Waals surface area contributed by atoms with E-state index in [1.807, 2.05) is 66.1 Å². The van der Waals surface area contributed by atoms with Crippen LogP contribution in [0.4, 0.5) is 5.95 Å². The van der Waals surface area contributed by atoms with Crippen molar-refractivity contribution >= 4 is 11.6 Å². The van der Waals surface area contributed by atoms with E-state index in [4.69, 9.17) is 14.2 Å². The van der Waals surface area contributed by atoms with Gasteiger partial charge in [-0.25, -0.2) is 9.97 Å². The van der Waals surface area contributed by atoms with Crippen molar-refractivity contribution in [2.75, 3.05) is 18.5 Å². The maximum atomic E-state index is 5.66. The summed E-state index contributed by atoms with van der Waals surface area (Å²) in [5.41, 5.74) is 5.01. The largest absolute Gasteiger partial charge is 0.381 e. The molecule has 0 unspecified atom stereocenters. The van der Waals surface area contributed by atoms with Crippen molar-refractivity contribution in [3.05, 3.63) is 66.6 Å². The summed E-state index contributed by atoms with van der Waals surface area (Å²) < 4.78 is 13.0. The Balaban J connectivity index is 1.34. The van der Waals surface area contributed by atoms with E-state index >= 15 is 0 Å². The Labute approximate surface area is 195 Å². The van der Waals surface area contributed by atoms with Crippen LogP contribution >= 0.6 is 0 Å². The lowest BCUT2D eigenvalue weighted by Gasteiger charge is -2.23. The van der Waals surface area contributed by atoms with Gasteiger partial charge in [-0.05, 0) is 38.0 Å². The first kappa shape index (κ1) is 20.5. The molecule has 170 valence electrons. The molecule has 1 saturated heterocycles. The zero-order chi connectivity index (χ0) is 22.9. The van der Waals surface area contributed by atoms with Gasteiger partial charge in [-0.2, -0.15) is 0 Å². The molecule has 0 amide bonds. The third kappa shape index (κ3) is 3.80. The number of nitrogens with one attached hydrogen (secondary N) is 1. The Morgan fingerprint density at radius 1 is 1.00 bits per heavy atom. The highest BCUT2D eigenvalue weighted by Crippen LogP contribution is 2.34. The van der Waals surface area contributed by atoms with E-state index in [1.54, 1.807) is 6.20 Å². The lowest BCUT2D eigenvalue weighted by molar-refractivity contribution is 0.0903. The Hall–Kier alpha value is -4.11. The summed E-state index contributed by atoms with van der Waals surface area (Å²) in [5, 5.41) is 16.5. The number of aryl methyl sites for hydroxylation is 1. The molecule has 9 heteroatoms. The molecule has 0 aliphatic carbocycles. The van der Waals surface area contributed by atoms with Crippen LogP contribution in [0.1, 0.15) is 18.5 Å². The van der Waals surface area contributed by atoms with Crippen molar-refractivity contribution in [1.82, 2.24) is 29.7 Å². The number of hydrogen-bond donors (Lipinski definition) is 1. The molecule has 1 aromatic carbocycles. The number of nitrogens with zero attached hydrogens (tertiary/aromatic N) is 6. The zero-order valence-electron chi connectivity index (χ0n) is 18.7. The fourth-order valence-corrected chi connectivity index (χ4v) is 4.25. The molecule has 0 spiro atoms. The van der Waals surface area contributed by atoms with Crippen LogP contribution in [0.2, 0.25) is 0 Å². The van der Waals surface area contributed by atoms with E-state index in [0.717, 1.165) is 54.1 Å². The molecule has 1 N–H and O–H groups in total. The van der Waals surface area contributed by atoms with E-state index in [9.17, 15) is 0 Å². The summed E-state index contributed by atoms with van der Waals surface area (Å²) >= 11 is 0. The Morgan fingerprint density at radius 3 is 2.71 bits per heavy atom. The van der Waals surface area contributed by atoms with Crippen molar-refractivity contribution in [3.8, 4) is 34.0 Å². The Bertz CT molecular complexity index is 1440. The maximum Gasteiger partial charge on any atom is 0.223 e. The maximum absolute atomic E-state index is 5.66. The summed E-state index contributed by atoms with van der Waals surface area (Å²) in [6, 6.07) is 16.1. The molecule has 9 nitrogen and oxygen atoms in total. The molecule has 0 radical (unpaired) electrons. The number of anilines is 1. The minimum atomic E-state index is 0.330. The predicted octanol–water partition coefficient (Wildman–Crippen LogP) is 4.41. The third-order valence-electron chi connectivity index (χ3n) is 6.04. The van der Waals surface area contributed by atoms with Gasteiger partial charge in [0.2, 0.25) is 5.95 Å². The van der Waals surface area contributed by atoms with Crippen molar-refractivity contribution < 1.29 is 9.26 Å². The zero-order valence-corrected chi connectivity index (χ0v) is 18.7. The topological polar surface area (TPSA) is 103 Å². The van der Waals surface area contributed by atoms with E-state index < -0.39 is 0 Å². The van der Waals surface area contributed by atoms with Crippen LogP contribution in [0, 0.1) is 6.92 Å². The summed E-state index contributed by atoms with van der Waals surface area (Å²) in [5.74, 6) is 1.99. The number of fused-ring (bicyclic) bond motifs is 1. The molecular weight excluding hydrogens is 430 g/mol. The SMILES string of the molecule is Cc1noc(-c2ccccc2)c1-c1nnc2cc(-c3ccnc(NC4CCOCC4)n3)ccn12. The number of benzene rings is 1. The van der Waals surface area contributed by atoms with E-state index in [-0.39, 0.29) is 0 Å². The summed E-state index contributed by atoms with van der Waals surface area (Å²) in [4.78, 5) is 9.12. The highest BCUT2D eigenvalue weighted by molar-refractivity contribution is 5.79. The highest BCUT2D eigenvalue weighted by atomic mass is 16.5. The van der Waals surface area contributed by atoms with Gasteiger partial charge in [0.1, 0.15) is 0 Å². The number of rotatable bonds is 5. The second kappa shape index (κ2) is 8.68. The number of aromatic nitrogens is 6. The van der Waals surface area contributed by atoms with Crippen molar-refractivity contribution in [2.24, 2.45) is 0 Å². The minimum absolute atomic E-state index is 0.330. The molecule has 6 rings (SSSR count). The van der Waals surface area contributed by atoms with Gasteiger partial charge < -0.3 is 14.6 Å². The van der Waals surface area contributed by atoms with Crippen LogP contribution < -0.4 is 5.32 Å². The second-order valence-electron chi connectivity index (χ2n) is 8.30. The molecule has 0 saturated carbocycles. The fraction of sp³-hybridized carbons (Fsp3) is 0.240. The lowest BCUT2D eigenvalue weighted by Crippen LogP contribution is -2.28. The second-order valence-corrected chi connectivity index (χ2v) is 8.30. The lowest BCUT2D eigenvalue weighted by atomic mass is 10.1. The molecule has 4 aromatic heterocycles. The molecule has 0 bridgehead atoms. The van der Waals surface area contributed by atoms with Crippen LogP contribution in [-0.4, -0.2) is 49.0 Å². The molecule has 5 heterocycles. The van der Waals surface area contributed by atoms with Crippen LogP contribution in [0.3, 0.4) is 0 Å². The average Bonchev–Trinajstić information content (AvgIpc) is 3.48. The summed E-state index contributed by atoms with van der Waals surface area (Å²) in [7, 11) is 0. The number of hydrogen-bond acceptors (Lipinski definition) is 8. The van der Waals surface area contributed by atoms with Gasteiger partial charge in [-0.1, -0.05) is 35.5 Å². The van der Waals surface area contributed by atoms with Crippen LogP contribution in [-0.2, 0) is 4.74 Å². The van der Waals surface area contributed by atoms with Crippen molar-refractivity contribution in [1.29, 1.82) is 0 Å². The minimum Gasteiger partial charge on any atom is -0.381 e. The number of ether oxygens (including phenoxy) is 1. The molecule has 0 atom stereocenters. The first-order chi connectivity index (χ1) is 16.8. The Morgan fingerprint density at radius 2 is 1.85 bits per heavy atom. The van der Waals surface area contributed by atoms with Crippen LogP contribution in [0.15, 0.2) is 65.4 Å². The monoisotopic (exact) mass is 453 g/mol. The fourth-order valence-electron chi connectivity index (χ4n) is 4.25. The van der Waals surface area contributed by atoms with E-state index in [1.165, 1.54) is 0 Å². The summed E-state index contributed by atoms with van der Waals surface area (Å²) in [6.45, 7) is 3.44. The smallest absolute Gasteiger partial charge is 0.223 e. The molecule has 1 fully saturated rings. The van der Waals surface area contributed by atoms with Gasteiger partial charge in [-0.3, -0.25) is 4.40 Å². The first-order valence-corrected chi connectivity index (χ1v) is 11.3. The molecular formula is C25H23N7O2. The van der Waals surface area contributed by atoms with Crippen molar-refractivity contribution in [2.45, 2.75) is 25.8 Å². The van der Waals surface area contributed by atoms with Crippen LogP contribution in [0.25, 0.3) is 39.6 Å². The highest BCUT2D eigenvalue weighted by Gasteiger charge is 2.22. The van der Waals surface area contributed by atoms with Gasteiger partial charge in [0.15, 0.2) is 17.2 Å². The van der Waals surface area contributed by atoms with Crippen LogP contribution in [0.5, 0.6) is 0 Å². The van der Waals surface area contributed by atoms with E-state index in [0.29, 0.717) is 29.2 Å². The standard InChI is InChI=1S/C25H23N7O2/c1-16-22(23(34-31-16)17-5-3-2-4-6-17)24-30-29-21-15-18(8-12-32(21)24)20-7-11-26-25(28-20)27-19-9-13-33-14-10-19/h2-8,11-12,15,19H,9-10,13-14H2,1H3,(H,26,27,28). The van der Waals surface area contributed by atoms with Gasteiger partial charge in [-0.15, -0.1) is 10.2 Å². The molecule has 1 aliphatic heterocycles. The first-order valence-electron chi connectivity index (χ1n) is 11.3. The van der Waals surface area contributed by atoms with Gasteiger partial charge >= 0.3 is 0 Å². The van der Waals surface area contributed by atoms with Crippen molar-refractivity contribution in [3.63, 3.8) is 0 Å². The molecule has 34 heavy (non-hydrogen) atoms. The average molecular weight is 454 g/mol. The molecule has 5 aromatic rings. The summed E-state index contributed by atoms with van der Waals surface area (Å²) in [6.07, 6.45) is 5.63. The van der Waals surface area contributed by atoms with Gasteiger partial charge in [0, 0.05) is 42.8 Å². The normalized spacial score (nSPS) is 14.5. The predicted molar refractivity (Wildman–Crippen MR) is 127 cm³/mol. The number of pyridine rings is 1. The van der Waals surface area contributed by atoms with Gasteiger partial charge in [0.25, 0.3) is 0 Å². The van der Waals surface area contributed by atoms with E-state index in [2.05, 4.69) is 25.7 Å². The third-order valence-corrected chi connectivity index (χ3v) is 6.04. The van der Waals surface area contributed by atoms with Gasteiger partial charge in [0.05, 0.1) is 17.0 Å².